The maximum Gasteiger partial charge on any atom is 0.322 e. The third kappa shape index (κ3) is 5.56. The highest BCUT2D eigenvalue weighted by Crippen LogP contribution is 2.10. The number of carboxylic acids is 1. The molecule has 0 spiro atoms. The summed E-state index contributed by atoms with van der Waals surface area (Å²) in [6.07, 6.45) is -0.0920. The zero-order valence-electron chi connectivity index (χ0n) is 11.0. The van der Waals surface area contributed by atoms with Crippen molar-refractivity contribution in [1.29, 1.82) is 0 Å². The molecule has 0 unspecified atom stereocenters. The van der Waals surface area contributed by atoms with Crippen LogP contribution in [0.25, 0.3) is 0 Å². The minimum Gasteiger partial charge on any atom is -0.480 e. The van der Waals surface area contributed by atoms with E-state index in [-0.39, 0.29) is 24.8 Å². The maximum atomic E-state index is 11.8. The van der Waals surface area contributed by atoms with Gasteiger partial charge in [-0.1, -0.05) is 0 Å². The van der Waals surface area contributed by atoms with Gasteiger partial charge in [0.1, 0.15) is 6.54 Å². The fraction of sp³-hybridized carbons (Fsp3) is 0.727. The lowest BCUT2D eigenvalue weighted by Gasteiger charge is -2.35. The Morgan fingerprint density at radius 2 is 1.74 bits per heavy atom. The second-order valence-corrected chi connectivity index (χ2v) is 4.49. The number of ether oxygens (including phenoxy) is 1. The van der Waals surface area contributed by atoms with Crippen molar-refractivity contribution in [3.05, 3.63) is 0 Å². The van der Waals surface area contributed by atoms with Gasteiger partial charge in [-0.05, 0) is 13.8 Å². The van der Waals surface area contributed by atoms with E-state index in [1.165, 1.54) is 0 Å². The second-order valence-electron chi connectivity index (χ2n) is 4.49. The number of nitrogens with zero attached hydrogens (tertiary/aromatic N) is 1. The van der Waals surface area contributed by atoms with Crippen LogP contribution >= 0.6 is 0 Å². The molecule has 0 aromatic heterocycles. The zero-order valence-corrected chi connectivity index (χ0v) is 11.0. The van der Waals surface area contributed by atoms with Gasteiger partial charge in [-0.25, -0.2) is 4.79 Å². The van der Waals surface area contributed by atoms with Crippen molar-refractivity contribution in [3.63, 3.8) is 0 Å². The van der Waals surface area contributed by atoms with Crippen LogP contribution < -0.4 is 10.6 Å². The Morgan fingerprint density at radius 3 is 2.26 bits per heavy atom. The van der Waals surface area contributed by atoms with Crippen molar-refractivity contribution in [1.82, 2.24) is 15.5 Å². The summed E-state index contributed by atoms with van der Waals surface area (Å²) < 4.78 is 5.49. The van der Waals surface area contributed by atoms with Crippen LogP contribution in [0.4, 0.5) is 4.79 Å². The normalized spacial score (nSPS) is 22.7. The van der Waals surface area contributed by atoms with Gasteiger partial charge in [-0.2, -0.15) is 0 Å². The summed E-state index contributed by atoms with van der Waals surface area (Å²) in [7, 11) is 0. The molecule has 1 aliphatic heterocycles. The molecule has 0 aromatic rings. The molecule has 0 saturated carbocycles. The molecule has 0 bridgehead atoms. The Balaban J connectivity index is 2.30. The van der Waals surface area contributed by atoms with Crippen molar-refractivity contribution in [3.8, 4) is 0 Å². The maximum absolute atomic E-state index is 11.8. The van der Waals surface area contributed by atoms with Crippen LogP contribution in [-0.2, 0) is 14.3 Å². The van der Waals surface area contributed by atoms with Gasteiger partial charge in [0.15, 0.2) is 0 Å². The van der Waals surface area contributed by atoms with E-state index < -0.39 is 18.4 Å². The number of urea groups is 1. The van der Waals surface area contributed by atoms with Gasteiger partial charge in [0.2, 0.25) is 5.91 Å². The molecule has 2 atom stereocenters. The molecule has 108 valence electrons. The van der Waals surface area contributed by atoms with E-state index in [2.05, 4.69) is 10.6 Å². The number of rotatable bonds is 4. The Morgan fingerprint density at radius 1 is 1.16 bits per heavy atom. The monoisotopic (exact) mass is 273 g/mol. The van der Waals surface area contributed by atoms with Crippen LogP contribution in [0.5, 0.6) is 0 Å². The van der Waals surface area contributed by atoms with Crippen LogP contribution in [0.2, 0.25) is 0 Å². The number of nitrogens with one attached hydrogen (secondary N) is 2. The average molecular weight is 273 g/mol. The molecule has 1 saturated heterocycles. The van der Waals surface area contributed by atoms with Crippen LogP contribution in [0.3, 0.4) is 0 Å². The summed E-state index contributed by atoms with van der Waals surface area (Å²) in [6.45, 7) is 3.97. The first-order chi connectivity index (χ1) is 8.88. The minimum atomic E-state index is -1.13. The summed E-state index contributed by atoms with van der Waals surface area (Å²) in [5.41, 5.74) is 0. The highest BCUT2D eigenvalue weighted by molar-refractivity contribution is 5.86. The summed E-state index contributed by atoms with van der Waals surface area (Å²) >= 11 is 0. The highest BCUT2D eigenvalue weighted by Gasteiger charge is 2.25. The Kier molecular flexibility index (Phi) is 5.56. The van der Waals surface area contributed by atoms with Gasteiger partial charge in [-0.15, -0.1) is 0 Å². The van der Waals surface area contributed by atoms with Gasteiger partial charge in [0.25, 0.3) is 0 Å². The molecule has 8 heteroatoms. The number of carbonyl (C=O) groups excluding carboxylic acids is 2. The molecule has 1 rings (SSSR count). The molecule has 1 aliphatic rings. The van der Waals surface area contributed by atoms with E-state index in [0.717, 1.165) is 0 Å². The van der Waals surface area contributed by atoms with Crippen molar-refractivity contribution in [2.24, 2.45) is 0 Å². The molecular formula is C11H19N3O5. The van der Waals surface area contributed by atoms with E-state index in [1.54, 1.807) is 4.90 Å². The van der Waals surface area contributed by atoms with E-state index in [0.29, 0.717) is 13.1 Å². The van der Waals surface area contributed by atoms with E-state index in [9.17, 15) is 14.4 Å². The smallest absolute Gasteiger partial charge is 0.322 e. The Labute approximate surface area is 111 Å². The average Bonchev–Trinajstić information content (AvgIpc) is 2.32. The lowest BCUT2D eigenvalue weighted by atomic mass is 10.2. The lowest BCUT2D eigenvalue weighted by molar-refractivity contribution is -0.137. The largest absolute Gasteiger partial charge is 0.480 e. The zero-order chi connectivity index (χ0) is 14.4. The molecule has 8 nitrogen and oxygen atoms in total. The summed E-state index contributed by atoms with van der Waals surface area (Å²) in [5, 5.41) is 13.0. The van der Waals surface area contributed by atoms with Crippen LogP contribution in [0.1, 0.15) is 13.8 Å². The number of hydrogen-bond donors (Lipinski definition) is 3. The lowest BCUT2D eigenvalue weighted by Crippen LogP contribution is -2.53. The molecule has 3 N–H and O–H groups in total. The van der Waals surface area contributed by atoms with E-state index >= 15 is 0 Å². The second kappa shape index (κ2) is 6.93. The Hall–Kier alpha value is -1.83. The topological polar surface area (TPSA) is 108 Å². The van der Waals surface area contributed by atoms with E-state index in [1.807, 2.05) is 13.8 Å². The molecule has 0 radical (unpaired) electrons. The first-order valence-electron chi connectivity index (χ1n) is 6.05. The predicted octanol–water partition coefficient (Wildman–Crippen LogP) is -0.994. The Bertz CT molecular complexity index is 350. The first kappa shape index (κ1) is 15.2. The van der Waals surface area contributed by atoms with Crippen molar-refractivity contribution >= 4 is 17.9 Å². The van der Waals surface area contributed by atoms with Crippen molar-refractivity contribution < 1.29 is 24.2 Å². The van der Waals surface area contributed by atoms with Crippen LogP contribution in [-0.4, -0.2) is 66.3 Å². The summed E-state index contributed by atoms with van der Waals surface area (Å²) in [4.78, 5) is 34.8. The molecule has 1 heterocycles. The summed E-state index contributed by atoms with van der Waals surface area (Å²) in [5.74, 6) is -1.67. The number of morpholine rings is 1. The number of carbonyl (C=O) groups is 3. The number of aliphatic carboxylic acids is 1. The predicted molar refractivity (Wildman–Crippen MR) is 65.6 cm³/mol. The first-order valence-corrected chi connectivity index (χ1v) is 6.05. The molecule has 0 aliphatic carbocycles. The molecule has 0 aromatic carbocycles. The van der Waals surface area contributed by atoms with Crippen LogP contribution in [0.15, 0.2) is 0 Å². The van der Waals surface area contributed by atoms with Gasteiger partial charge in [-0.3, -0.25) is 9.59 Å². The number of carboxylic acid groups (broad SMARTS) is 1. The SMILES string of the molecule is C[C@@H]1CN(C(=O)NCC(=O)NCC(=O)O)C[C@H](C)O1. The summed E-state index contributed by atoms with van der Waals surface area (Å²) in [6, 6.07) is -0.354. The van der Waals surface area contributed by atoms with Gasteiger partial charge in [0.05, 0.1) is 18.8 Å². The fourth-order valence-electron chi connectivity index (χ4n) is 1.85. The van der Waals surface area contributed by atoms with Gasteiger partial charge >= 0.3 is 12.0 Å². The highest BCUT2D eigenvalue weighted by atomic mass is 16.5. The van der Waals surface area contributed by atoms with Crippen molar-refractivity contribution in [2.45, 2.75) is 26.1 Å². The third-order valence-corrected chi connectivity index (χ3v) is 2.54. The minimum absolute atomic E-state index is 0.0460. The number of hydrogen-bond acceptors (Lipinski definition) is 4. The van der Waals surface area contributed by atoms with Gasteiger partial charge in [0, 0.05) is 13.1 Å². The quantitative estimate of drug-likeness (QED) is 0.609. The molecule has 1 fully saturated rings. The third-order valence-electron chi connectivity index (χ3n) is 2.54. The molecule has 3 amide bonds. The molecule has 19 heavy (non-hydrogen) atoms. The van der Waals surface area contributed by atoms with E-state index in [4.69, 9.17) is 9.84 Å². The van der Waals surface area contributed by atoms with Crippen molar-refractivity contribution in [2.75, 3.05) is 26.2 Å². The number of amides is 3. The standard InChI is InChI=1S/C11H19N3O5/c1-7-5-14(6-8(2)19-7)11(18)13-3-9(15)12-4-10(16)17/h7-8H,3-6H2,1-2H3,(H,12,15)(H,13,18)(H,16,17)/t7-,8+. The fourth-order valence-corrected chi connectivity index (χ4v) is 1.85. The molecular weight excluding hydrogens is 254 g/mol. The van der Waals surface area contributed by atoms with Gasteiger partial charge < -0.3 is 25.4 Å². The van der Waals surface area contributed by atoms with Crippen LogP contribution in [0, 0.1) is 0 Å².